The number of rotatable bonds is 3. The Morgan fingerprint density at radius 1 is 1.32 bits per heavy atom. The van der Waals surface area contributed by atoms with Crippen molar-refractivity contribution in [3.8, 4) is 0 Å². The van der Waals surface area contributed by atoms with Gasteiger partial charge in [-0.3, -0.25) is 0 Å². The summed E-state index contributed by atoms with van der Waals surface area (Å²) < 4.78 is 5.35. The van der Waals surface area contributed by atoms with Gasteiger partial charge in [-0.25, -0.2) is 4.79 Å². The molecule has 0 amide bonds. The molecule has 1 saturated heterocycles. The summed E-state index contributed by atoms with van der Waals surface area (Å²) in [6.45, 7) is 6.51. The normalized spacial score (nSPS) is 20.6. The summed E-state index contributed by atoms with van der Waals surface area (Å²) in [6, 6.07) is 0. The quantitative estimate of drug-likeness (QED) is 0.471. The first-order valence-corrected chi connectivity index (χ1v) is 10.7. The first kappa shape index (κ1) is 18.6. The van der Waals surface area contributed by atoms with Crippen LogP contribution in [0.2, 0.25) is 0 Å². The van der Waals surface area contributed by atoms with Crippen LogP contribution in [0, 0.1) is 5.92 Å². The van der Waals surface area contributed by atoms with Gasteiger partial charge in [0, 0.05) is 18.0 Å². The molecule has 2 heterocycles. The van der Waals surface area contributed by atoms with Gasteiger partial charge in [-0.1, -0.05) is 13.3 Å². The van der Waals surface area contributed by atoms with Crippen molar-refractivity contribution in [1.82, 2.24) is 4.90 Å². The molecule has 138 valence electrons. The number of hydrogen-bond donors (Lipinski definition) is 1. The Morgan fingerprint density at radius 2 is 2.12 bits per heavy atom. The molecule has 1 aromatic heterocycles. The fraction of sp³-hybridized carbons (Fsp3) is 0.684. The molecule has 1 aromatic rings. The number of piperidine rings is 1. The fourth-order valence-electron chi connectivity index (χ4n) is 3.80. The van der Waals surface area contributed by atoms with Crippen LogP contribution in [-0.2, 0) is 17.6 Å². The SMILES string of the molecule is CCOC(=O)c1c(NC(=S)N2CCC[C@H](C)C2)sc2c1CCCCC2. The number of fused-ring (bicyclic) bond motifs is 1. The molecule has 3 rings (SSSR count). The summed E-state index contributed by atoms with van der Waals surface area (Å²) in [6.07, 6.45) is 8.04. The Kier molecular flexibility index (Phi) is 6.34. The number of thiocarbonyl (C=S) groups is 1. The standard InChI is InChI=1S/C19H28N2O2S2/c1-3-23-18(22)16-14-9-5-4-6-10-15(14)25-17(16)20-19(24)21-11-7-8-13(2)12-21/h13H,3-12H2,1-2H3,(H,20,24)/t13-/m0/s1. The second kappa shape index (κ2) is 8.49. The topological polar surface area (TPSA) is 41.6 Å². The van der Waals surface area contributed by atoms with Crippen LogP contribution in [0.15, 0.2) is 0 Å². The zero-order valence-corrected chi connectivity index (χ0v) is 16.9. The van der Waals surface area contributed by atoms with E-state index in [1.165, 1.54) is 36.1 Å². The number of aryl methyl sites for hydroxylation is 1. The Balaban J connectivity index is 1.84. The molecule has 6 heteroatoms. The molecule has 0 saturated carbocycles. The summed E-state index contributed by atoms with van der Waals surface area (Å²) in [7, 11) is 0. The van der Waals surface area contributed by atoms with Gasteiger partial charge < -0.3 is 15.0 Å². The molecule has 25 heavy (non-hydrogen) atoms. The van der Waals surface area contributed by atoms with Gasteiger partial charge in [0.05, 0.1) is 12.2 Å². The minimum atomic E-state index is -0.209. The fourth-order valence-corrected chi connectivity index (χ4v) is 5.41. The number of likely N-dealkylation sites (tertiary alicyclic amines) is 1. The largest absolute Gasteiger partial charge is 0.462 e. The molecular weight excluding hydrogens is 352 g/mol. The molecule has 1 N–H and O–H groups in total. The highest BCUT2D eigenvalue weighted by Gasteiger charge is 2.27. The van der Waals surface area contributed by atoms with Crippen LogP contribution < -0.4 is 5.32 Å². The van der Waals surface area contributed by atoms with E-state index in [2.05, 4.69) is 17.1 Å². The minimum absolute atomic E-state index is 0.209. The summed E-state index contributed by atoms with van der Waals surface area (Å²) in [5.74, 6) is 0.456. The number of ether oxygens (including phenoxy) is 1. The van der Waals surface area contributed by atoms with Crippen LogP contribution in [0.4, 0.5) is 5.00 Å². The van der Waals surface area contributed by atoms with E-state index >= 15 is 0 Å². The molecule has 1 atom stereocenters. The maximum atomic E-state index is 12.6. The van der Waals surface area contributed by atoms with Crippen LogP contribution in [0.1, 0.15) is 66.8 Å². The van der Waals surface area contributed by atoms with Gasteiger partial charge in [0.2, 0.25) is 0 Å². The third-order valence-corrected chi connectivity index (χ3v) is 6.63. The van der Waals surface area contributed by atoms with Crippen molar-refractivity contribution >= 4 is 39.6 Å². The second-order valence-corrected chi connectivity index (χ2v) is 8.60. The van der Waals surface area contributed by atoms with E-state index < -0.39 is 0 Å². The molecule has 1 aliphatic carbocycles. The van der Waals surface area contributed by atoms with E-state index in [9.17, 15) is 4.79 Å². The average Bonchev–Trinajstić information content (AvgIpc) is 2.76. The molecule has 1 fully saturated rings. The molecular formula is C19H28N2O2S2. The van der Waals surface area contributed by atoms with E-state index in [1.807, 2.05) is 6.92 Å². The zero-order valence-electron chi connectivity index (χ0n) is 15.2. The van der Waals surface area contributed by atoms with Gasteiger partial charge in [-0.05, 0) is 69.1 Å². The van der Waals surface area contributed by atoms with Crippen LogP contribution in [-0.4, -0.2) is 35.7 Å². The zero-order chi connectivity index (χ0) is 17.8. The van der Waals surface area contributed by atoms with Crippen molar-refractivity contribution in [3.05, 3.63) is 16.0 Å². The monoisotopic (exact) mass is 380 g/mol. The van der Waals surface area contributed by atoms with Crippen molar-refractivity contribution in [2.45, 2.75) is 58.8 Å². The smallest absolute Gasteiger partial charge is 0.341 e. The lowest BCUT2D eigenvalue weighted by molar-refractivity contribution is 0.0527. The highest BCUT2D eigenvalue weighted by atomic mass is 32.1. The third kappa shape index (κ3) is 4.34. The number of esters is 1. The molecule has 0 spiro atoms. The van der Waals surface area contributed by atoms with Gasteiger partial charge >= 0.3 is 5.97 Å². The number of anilines is 1. The number of carbonyl (C=O) groups is 1. The number of carbonyl (C=O) groups excluding carboxylic acids is 1. The lowest BCUT2D eigenvalue weighted by Gasteiger charge is -2.33. The number of nitrogens with zero attached hydrogens (tertiary/aromatic N) is 1. The molecule has 0 aromatic carbocycles. The van der Waals surface area contributed by atoms with Crippen molar-refractivity contribution in [1.29, 1.82) is 0 Å². The van der Waals surface area contributed by atoms with E-state index in [4.69, 9.17) is 17.0 Å². The van der Waals surface area contributed by atoms with E-state index in [1.54, 1.807) is 11.3 Å². The maximum Gasteiger partial charge on any atom is 0.341 e. The summed E-state index contributed by atoms with van der Waals surface area (Å²) in [5, 5.41) is 5.02. The van der Waals surface area contributed by atoms with Gasteiger partial charge in [-0.15, -0.1) is 11.3 Å². The first-order chi connectivity index (χ1) is 12.1. The molecule has 0 radical (unpaired) electrons. The van der Waals surface area contributed by atoms with Crippen LogP contribution in [0.25, 0.3) is 0 Å². The van der Waals surface area contributed by atoms with Gasteiger partial charge in [0.25, 0.3) is 0 Å². The predicted octanol–water partition coefficient (Wildman–Crippen LogP) is 4.62. The Labute approximate surface area is 159 Å². The van der Waals surface area contributed by atoms with E-state index in [0.29, 0.717) is 12.5 Å². The molecule has 4 nitrogen and oxygen atoms in total. The van der Waals surface area contributed by atoms with Crippen molar-refractivity contribution < 1.29 is 9.53 Å². The highest BCUT2D eigenvalue weighted by molar-refractivity contribution is 7.80. The number of thiophene rings is 1. The van der Waals surface area contributed by atoms with Crippen LogP contribution >= 0.6 is 23.6 Å². The summed E-state index contributed by atoms with van der Waals surface area (Å²) >= 11 is 7.35. The minimum Gasteiger partial charge on any atom is -0.462 e. The van der Waals surface area contributed by atoms with Crippen LogP contribution in [0.5, 0.6) is 0 Å². The highest BCUT2D eigenvalue weighted by Crippen LogP contribution is 2.38. The number of nitrogens with one attached hydrogen (secondary N) is 1. The summed E-state index contributed by atoms with van der Waals surface area (Å²) in [4.78, 5) is 16.2. The molecule has 0 bridgehead atoms. The predicted molar refractivity (Wildman–Crippen MR) is 108 cm³/mol. The lowest BCUT2D eigenvalue weighted by Crippen LogP contribution is -2.41. The van der Waals surface area contributed by atoms with Gasteiger partial charge in [0.15, 0.2) is 5.11 Å². The van der Waals surface area contributed by atoms with Gasteiger partial charge in [-0.2, -0.15) is 0 Å². The van der Waals surface area contributed by atoms with Crippen LogP contribution in [0.3, 0.4) is 0 Å². The molecule has 0 unspecified atom stereocenters. The maximum absolute atomic E-state index is 12.6. The van der Waals surface area contributed by atoms with Crippen molar-refractivity contribution in [2.24, 2.45) is 5.92 Å². The average molecular weight is 381 g/mol. The molecule has 1 aliphatic heterocycles. The van der Waals surface area contributed by atoms with Gasteiger partial charge in [0.1, 0.15) is 5.00 Å². The third-order valence-electron chi connectivity index (χ3n) is 5.07. The van der Waals surface area contributed by atoms with Crippen molar-refractivity contribution in [3.63, 3.8) is 0 Å². The Hall–Kier alpha value is -1.14. The number of hydrogen-bond acceptors (Lipinski definition) is 4. The Bertz CT molecular complexity index is 642. The Morgan fingerprint density at radius 3 is 2.88 bits per heavy atom. The summed E-state index contributed by atoms with van der Waals surface area (Å²) in [5.41, 5.74) is 1.93. The molecule has 2 aliphatic rings. The van der Waals surface area contributed by atoms with Crippen molar-refractivity contribution in [2.75, 3.05) is 25.0 Å². The second-order valence-electron chi connectivity index (χ2n) is 7.11. The van der Waals surface area contributed by atoms with E-state index in [-0.39, 0.29) is 5.97 Å². The van der Waals surface area contributed by atoms with E-state index in [0.717, 1.165) is 48.0 Å². The lowest BCUT2D eigenvalue weighted by atomic mass is 10.0. The first-order valence-electron chi connectivity index (χ1n) is 9.47.